The number of carbonyl (C=O) groups excluding carboxylic acids is 1. The van der Waals surface area contributed by atoms with Crippen LogP contribution in [0.1, 0.15) is 24.8 Å². The van der Waals surface area contributed by atoms with Gasteiger partial charge < -0.3 is 10.6 Å². The number of hydrogen-bond acceptors (Lipinski definition) is 2. The van der Waals surface area contributed by atoms with E-state index in [1.807, 2.05) is 37.3 Å². The van der Waals surface area contributed by atoms with Crippen LogP contribution in [-0.2, 0) is 4.79 Å². The minimum Gasteiger partial charge on any atom is -0.355 e. The van der Waals surface area contributed by atoms with Crippen LogP contribution in [0, 0.1) is 5.92 Å². The molecule has 1 heterocycles. The molecular formula is C14H21ClN2O. The molecule has 4 heteroatoms. The number of nitrogens with one attached hydrogen (secondary N) is 2. The van der Waals surface area contributed by atoms with Crippen LogP contribution in [-0.4, -0.2) is 25.5 Å². The van der Waals surface area contributed by atoms with Gasteiger partial charge in [0.2, 0.25) is 5.91 Å². The van der Waals surface area contributed by atoms with Crippen LogP contribution in [0.4, 0.5) is 0 Å². The highest BCUT2D eigenvalue weighted by Gasteiger charge is 2.18. The third-order valence-corrected chi connectivity index (χ3v) is 3.42. The quantitative estimate of drug-likeness (QED) is 0.876. The number of benzene rings is 1. The van der Waals surface area contributed by atoms with Gasteiger partial charge in [0.1, 0.15) is 0 Å². The summed E-state index contributed by atoms with van der Waals surface area (Å²) in [6.45, 7) is 4.86. The fraction of sp³-hybridized carbons (Fsp3) is 0.500. The lowest BCUT2D eigenvalue weighted by Gasteiger charge is -2.14. The van der Waals surface area contributed by atoms with Gasteiger partial charge in [0.25, 0.3) is 0 Å². The van der Waals surface area contributed by atoms with Crippen LogP contribution in [0.3, 0.4) is 0 Å². The van der Waals surface area contributed by atoms with Crippen LogP contribution in [0.2, 0.25) is 0 Å². The summed E-state index contributed by atoms with van der Waals surface area (Å²) >= 11 is 0. The van der Waals surface area contributed by atoms with Gasteiger partial charge in [0, 0.05) is 6.54 Å². The van der Waals surface area contributed by atoms with Gasteiger partial charge in [-0.05, 0) is 37.9 Å². The largest absolute Gasteiger partial charge is 0.355 e. The van der Waals surface area contributed by atoms with E-state index in [0.717, 1.165) is 25.2 Å². The number of hydrogen-bond donors (Lipinski definition) is 2. The summed E-state index contributed by atoms with van der Waals surface area (Å²) in [6.07, 6.45) is 1.17. The number of halogens is 1. The highest BCUT2D eigenvalue weighted by atomic mass is 35.5. The first-order valence-corrected chi connectivity index (χ1v) is 6.30. The van der Waals surface area contributed by atoms with Crippen LogP contribution < -0.4 is 10.6 Å². The second-order valence-corrected chi connectivity index (χ2v) is 4.74. The summed E-state index contributed by atoms with van der Waals surface area (Å²) in [4.78, 5) is 12.0. The van der Waals surface area contributed by atoms with Crippen LogP contribution >= 0.6 is 12.4 Å². The molecule has 2 unspecified atom stereocenters. The van der Waals surface area contributed by atoms with E-state index in [1.165, 1.54) is 6.42 Å². The molecule has 2 rings (SSSR count). The lowest BCUT2D eigenvalue weighted by atomic mass is 10.00. The molecule has 0 bridgehead atoms. The highest BCUT2D eigenvalue weighted by molar-refractivity contribution is 5.85. The van der Waals surface area contributed by atoms with E-state index >= 15 is 0 Å². The molecule has 1 aliphatic rings. The zero-order chi connectivity index (χ0) is 12.1. The van der Waals surface area contributed by atoms with Crippen molar-refractivity contribution in [1.82, 2.24) is 10.6 Å². The van der Waals surface area contributed by atoms with Gasteiger partial charge in [0.15, 0.2) is 0 Å². The average molecular weight is 269 g/mol. The first kappa shape index (κ1) is 15.0. The molecular weight excluding hydrogens is 248 g/mol. The summed E-state index contributed by atoms with van der Waals surface area (Å²) in [5.74, 6) is 0.663. The fourth-order valence-corrected chi connectivity index (χ4v) is 2.18. The summed E-state index contributed by atoms with van der Waals surface area (Å²) in [5, 5.41) is 6.35. The van der Waals surface area contributed by atoms with Gasteiger partial charge in [-0.1, -0.05) is 30.3 Å². The van der Waals surface area contributed by atoms with Crippen molar-refractivity contribution in [2.24, 2.45) is 5.92 Å². The van der Waals surface area contributed by atoms with E-state index in [0.29, 0.717) is 5.92 Å². The van der Waals surface area contributed by atoms with Crippen molar-refractivity contribution in [2.75, 3.05) is 19.6 Å². The van der Waals surface area contributed by atoms with E-state index in [1.54, 1.807) is 0 Å². The molecule has 1 saturated heterocycles. The highest BCUT2D eigenvalue weighted by Crippen LogP contribution is 2.14. The lowest BCUT2D eigenvalue weighted by Crippen LogP contribution is -2.33. The summed E-state index contributed by atoms with van der Waals surface area (Å²) in [6, 6.07) is 9.92. The van der Waals surface area contributed by atoms with Gasteiger partial charge >= 0.3 is 0 Å². The minimum absolute atomic E-state index is 0. The Balaban J connectivity index is 0.00000162. The maximum Gasteiger partial charge on any atom is 0.227 e. The molecule has 2 N–H and O–H groups in total. The van der Waals surface area contributed by atoms with Gasteiger partial charge in [-0.15, -0.1) is 12.4 Å². The van der Waals surface area contributed by atoms with Gasteiger partial charge in [-0.3, -0.25) is 4.79 Å². The molecule has 1 aromatic carbocycles. The Morgan fingerprint density at radius 1 is 1.44 bits per heavy atom. The molecule has 0 radical (unpaired) electrons. The first-order chi connectivity index (χ1) is 8.27. The van der Waals surface area contributed by atoms with E-state index in [2.05, 4.69) is 10.6 Å². The molecule has 3 nitrogen and oxygen atoms in total. The fourth-order valence-electron chi connectivity index (χ4n) is 2.18. The van der Waals surface area contributed by atoms with E-state index < -0.39 is 0 Å². The summed E-state index contributed by atoms with van der Waals surface area (Å²) in [5.41, 5.74) is 1.08. The van der Waals surface area contributed by atoms with Gasteiger partial charge in [-0.25, -0.2) is 0 Å². The number of rotatable bonds is 4. The molecule has 0 saturated carbocycles. The van der Waals surface area contributed by atoms with Crippen molar-refractivity contribution in [3.8, 4) is 0 Å². The van der Waals surface area contributed by atoms with Gasteiger partial charge in [-0.2, -0.15) is 0 Å². The number of amides is 1. The Hall–Kier alpha value is -1.06. The SMILES string of the molecule is CC(C(=O)NCC1CCNC1)c1ccccc1.Cl. The lowest BCUT2D eigenvalue weighted by molar-refractivity contribution is -0.122. The maximum absolute atomic E-state index is 12.0. The molecule has 1 fully saturated rings. The second-order valence-electron chi connectivity index (χ2n) is 4.74. The topological polar surface area (TPSA) is 41.1 Å². The van der Waals surface area contributed by atoms with E-state index in [4.69, 9.17) is 0 Å². The molecule has 100 valence electrons. The van der Waals surface area contributed by atoms with Crippen molar-refractivity contribution in [2.45, 2.75) is 19.3 Å². The Bertz CT molecular complexity index is 363. The van der Waals surface area contributed by atoms with Crippen molar-refractivity contribution < 1.29 is 4.79 Å². The molecule has 1 amide bonds. The monoisotopic (exact) mass is 268 g/mol. The maximum atomic E-state index is 12.0. The molecule has 0 aliphatic carbocycles. The zero-order valence-corrected chi connectivity index (χ0v) is 11.5. The standard InChI is InChI=1S/C14H20N2O.ClH/c1-11(13-5-3-2-4-6-13)14(17)16-10-12-7-8-15-9-12;/h2-6,11-12,15H,7-10H2,1H3,(H,16,17);1H. The Kier molecular flexibility index (Phi) is 6.16. The van der Waals surface area contributed by atoms with Crippen molar-refractivity contribution in [3.63, 3.8) is 0 Å². The van der Waals surface area contributed by atoms with Crippen molar-refractivity contribution in [3.05, 3.63) is 35.9 Å². The van der Waals surface area contributed by atoms with Gasteiger partial charge in [0.05, 0.1) is 5.92 Å². The molecule has 1 aliphatic heterocycles. The van der Waals surface area contributed by atoms with Crippen LogP contribution in [0.5, 0.6) is 0 Å². The third-order valence-electron chi connectivity index (χ3n) is 3.42. The minimum atomic E-state index is -0.0643. The number of carbonyl (C=O) groups is 1. The van der Waals surface area contributed by atoms with Crippen molar-refractivity contribution >= 4 is 18.3 Å². The molecule has 0 spiro atoms. The predicted molar refractivity (Wildman–Crippen MR) is 76.1 cm³/mol. The zero-order valence-electron chi connectivity index (χ0n) is 10.7. The van der Waals surface area contributed by atoms with Crippen LogP contribution in [0.15, 0.2) is 30.3 Å². The van der Waals surface area contributed by atoms with Crippen LogP contribution in [0.25, 0.3) is 0 Å². The van der Waals surface area contributed by atoms with E-state index in [-0.39, 0.29) is 24.2 Å². The normalized spacial score (nSPS) is 19.9. The molecule has 18 heavy (non-hydrogen) atoms. The Morgan fingerprint density at radius 3 is 2.78 bits per heavy atom. The molecule has 0 aromatic heterocycles. The predicted octanol–water partition coefficient (Wildman–Crippen LogP) is 1.94. The summed E-state index contributed by atoms with van der Waals surface area (Å²) in [7, 11) is 0. The third kappa shape index (κ3) is 4.00. The van der Waals surface area contributed by atoms with Crippen molar-refractivity contribution in [1.29, 1.82) is 0 Å². The second kappa shape index (κ2) is 7.39. The average Bonchev–Trinajstić information content (AvgIpc) is 2.89. The molecule has 1 aromatic rings. The Morgan fingerprint density at radius 2 is 2.17 bits per heavy atom. The first-order valence-electron chi connectivity index (χ1n) is 6.30. The summed E-state index contributed by atoms with van der Waals surface area (Å²) < 4.78 is 0. The Labute approximate surface area is 115 Å². The smallest absolute Gasteiger partial charge is 0.227 e. The molecule has 2 atom stereocenters. The van der Waals surface area contributed by atoms with E-state index in [9.17, 15) is 4.79 Å².